The Hall–Kier alpha value is -0.610. The number of hydrogen-bond acceptors (Lipinski definition) is 3. The van der Waals surface area contributed by atoms with Gasteiger partial charge >= 0.3 is 0 Å². The van der Waals surface area contributed by atoms with Crippen LogP contribution >= 0.6 is 0 Å². The minimum atomic E-state index is -0.328. The third kappa shape index (κ3) is 4.69. The molecule has 2 heterocycles. The lowest BCUT2D eigenvalue weighted by atomic mass is 9.91. The fourth-order valence-electron chi connectivity index (χ4n) is 3.78. The van der Waals surface area contributed by atoms with E-state index in [0.29, 0.717) is 0 Å². The zero-order valence-corrected chi connectivity index (χ0v) is 14.8. The van der Waals surface area contributed by atoms with Gasteiger partial charge in [-0.2, -0.15) is 0 Å². The summed E-state index contributed by atoms with van der Waals surface area (Å²) in [6.07, 6.45) is 7.72. The highest BCUT2D eigenvalue weighted by Gasteiger charge is 2.28. The average Bonchev–Trinajstić information content (AvgIpc) is 2.53. The predicted octanol–water partition coefficient (Wildman–Crippen LogP) is 2.47. The molecule has 2 rings (SSSR count). The molecule has 0 radical (unpaired) electrons. The van der Waals surface area contributed by atoms with Gasteiger partial charge < -0.3 is 15.5 Å². The summed E-state index contributed by atoms with van der Waals surface area (Å²) in [7, 11) is 0. The fraction of sp³-hybridized carbons (Fsp3) is 0.944. The maximum absolute atomic E-state index is 12.3. The summed E-state index contributed by atoms with van der Waals surface area (Å²) in [6.45, 7) is 10.7. The Kier molecular flexibility index (Phi) is 6.69. The van der Waals surface area contributed by atoms with E-state index in [9.17, 15) is 4.79 Å². The van der Waals surface area contributed by atoms with Gasteiger partial charge in [-0.05, 0) is 64.0 Å². The number of carbonyl (C=O) groups is 1. The molecule has 1 unspecified atom stereocenters. The van der Waals surface area contributed by atoms with Crippen LogP contribution in [0.4, 0.5) is 0 Å². The van der Waals surface area contributed by atoms with Crippen molar-refractivity contribution < 1.29 is 4.79 Å². The second kappa shape index (κ2) is 8.30. The van der Waals surface area contributed by atoms with Crippen LogP contribution in [0.15, 0.2) is 0 Å². The monoisotopic (exact) mass is 309 g/mol. The normalized spacial score (nSPS) is 26.4. The Morgan fingerprint density at radius 1 is 1.14 bits per heavy atom. The van der Waals surface area contributed by atoms with Crippen molar-refractivity contribution in [2.24, 2.45) is 17.6 Å². The van der Waals surface area contributed by atoms with Crippen LogP contribution in [0.3, 0.4) is 0 Å². The van der Waals surface area contributed by atoms with Crippen molar-refractivity contribution in [3.63, 3.8) is 0 Å². The van der Waals surface area contributed by atoms with E-state index in [-0.39, 0.29) is 17.9 Å². The largest absolute Gasteiger partial charge is 0.341 e. The van der Waals surface area contributed by atoms with Crippen LogP contribution in [0.25, 0.3) is 0 Å². The molecule has 4 nitrogen and oxygen atoms in total. The Morgan fingerprint density at radius 3 is 2.41 bits per heavy atom. The highest BCUT2D eigenvalue weighted by atomic mass is 16.2. The molecule has 0 bridgehead atoms. The van der Waals surface area contributed by atoms with Gasteiger partial charge in [-0.1, -0.05) is 20.3 Å². The van der Waals surface area contributed by atoms with Gasteiger partial charge in [0.15, 0.2) is 0 Å². The van der Waals surface area contributed by atoms with Crippen LogP contribution in [0.5, 0.6) is 0 Å². The Balaban J connectivity index is 1.69. The van der Waals surface area contributed by atoms with Crippen molar-refractivity contribution >= 4 is 5.91 Å². The first-order chi connectivity index (χ1) is 10.5. The first kappa shape index (κ1) is 17.7. The van der Waals surface area contributed by atoms with Crippen LogP contribution in [-0.2, 0) is 4.79 Å². The van der Waals surface area contributed by atoms with Gasteiger partial charge in [0.2, 0.25) is 5.91 Å². The second-order valence-electron chi connectivity index (χ2n) is 7.71. The zero-order valence-electron chi connectivity index (χ0n) is 14.8. The fourth-order valence-corrected chi connectivity index (χ4v) is 3.78. The summed E-state index contributed by atoms with van der Waals surface area (Å²) in [5.74, 6) is 1.16. The summed E-state index contributed by atoms with van der Waals surface area (Å²) < 4.78 is 0. The molecule has 0 saturated carbocycles. The van der Waals surface area contributed by atoms with E-state index in [1.807, 2.05) is 18.7 Å². The highest BCUT2D eigenvalue weighted by molar-refractivity contribution is 5.82. The van der Waals surface area contributed by atoms with Crippen molar-refractivity contribution in [2.75, 3.05) is 26.2 Å². The van der Waals surface area contributed by atoms with Crippen molar-refractivity contribution in [3.8, 4) is 0 Å². The number of likely N-dealkylation sites (tertiary alicyclic amines) is 2. The molecule has 1 amide bonds. The van der Waals surface area contributed by atoms with Gasteiger partial charge in [0.25, 0.3) is 0 Å². The molecule has 0 aromatic carbocycles. The minimum absolute atomic E-state index is 0.151. The molecule has 2 saturated heterocycles. The molecule has 2 atom stereocenters. The van der Waals surface area contributed by atoms with Crippen LogP contribution in [0, 0.1) is 11.8 Å². The van der Waals surface area contributed by atoms with Crippen LogP contribution < -0.4 is 5.73 Å². The summed E-state index contributed by atoms with van der Waals surface area (Å²) in [5, 5.41) is 0. The second-order valence-corrected chi connectivity index (χ2v) is 7.71. The van der Waals surface area contributed by atoms with Gasteiger partial charge in [0.1, 0.15) is 0 Å². The summed E-state index contributed by atoms with van der Waals surface area (Å²) in [6, 6.07) is 0.435. The first-order valence-electron chi connectivity index (χ1n) is 9.27. The molecule has 128 valence electrons. The third-order valence-corrected chi connectivity index (χ3v) is 5.69. The van der Waals surface area contributed by atoms with E-state index in [1.54, 1.807) is 0 Å². The molecule has 2 aliphatic rings. The Labute approximate surface area is 136 Å². The molecule has 22 heavy (non-hydrogen) atoms. The minimum Gasteiger partial charge on any atom is -0.341 e. The van der Waals surface area contributed by atoms with Crippen molar-refractivity contribution in [3.05, 3.63) is 0 Å². The van der Waals surface area contributed by atoms with E-state index < -0.39 is 0 Å². The number of hydrogen-bond donors (Lipinski definition) is 1. The SMILES string of the molecule is CC(C)[C@H](N)C(=O)N1CCC(CCN2CCCCC2C)CC1. The molecule has 0 aliphatic carbocycles. The molecule has 0 aromatic heterocycles. The van der Waals surface area contributed by atoms with Gasteiger partial charge in [0.05, 0.1) is 6.04 Å². The van der Waals surface area contributed by atoms with Gasteiger partial charge in [-0.25, -0.2) is 0 Å². The number of piperidine rings is 2. The van der Waals surface area contributed by atoms with E-state index in [1.165, 1.54) is 38.8 Å². The third-order valence-electron chi connectivity index (χ3n) is 5.69. The standard InChI is InChI=1S/C18H35N3O/c1-14(2)17(19)18(22)21-12-8-16(9-13-21)7-11-20-10-5-4-6-15(20)3/h14-17H,4-13,19H2,1-3H3/t15?,17-/m0/s1. The van der Waals surface area contributed by atoms with Crippen molar-refractivity contribution in [2.45, 2.75) is 71.4 Å². The maximum atomic E-state index is 12.3. The van der Waals surface area contributed by atoms with Gasteiger partial charge in [-0.15, -0.1) is 0 Å². The number of amides is 1. The number of carbonyl (C=O) groups excluding carboxylic acids is 1. The van der Waals surface area contributed by atoms with E-state index in [4.69, 9.17) is 5.73 Å². The Bertz CT molecular complexity index is 350. The highest BCUT2D eigenvalue weighted by Crippen LogP contribution is 2.24. The summed E-state index contributed by atoms with van der Waals surface area (Å²) in [5.41, 5.74) is 6.00. The lowest BCUT2D eigenvalue weighted by Gasteiger charge is -2.37. The molecule has 0 spiro atoms. The lowest BCUT2D eigenvalue weighted by Crippen LogP contribution is -2.49. The maximum Gasteiger partial charge on any atom is 0.239 e. The van der Waals surface area contributed by atoms with E-state index in [2.05, 4.69) is 11.8 Å². The quantitative estimate of drug-likeness (QED) is 0.849. The van der Waals surface area contributed by atoms with Crippen LogP contribution in [0.2, 0.25) is 0 Å². The number of nitrogens with zero attached hydrogens (tertiary/aromatic N) is 2. The van der Waals surface area contributed by atoms with Gasteiger partial charge in [-0.3, -0.25) is 4.79 Å². The number of rotatable bonds is 5. The van der Waals surface area contributed by atoms with E-state index >= 15 is 0 Å². The van der Waals surface area contributed by atoms with Crippen molar-refractivity contribution in [1.29, 1.82) is 0 Å². The van der Waals surface area contributed by atoms with Crippen LogP contribution in [0.1, 0.15) is 59.3 Å². The van der Waals surface area contributed by atoms with Gasteiger partial charge in [0, 0.05) is 19.1 Å². The number of nitrogens with two attached hydrogens (primary N) is 1. The smallest absolute Gasteiger partial charge is 0.239 e. The van der Waals surface area contributed by atoms with Crippen molar-refractivity contribution in [1.82, 2.24) is 9.80 Å². The molecule has 4 heteroatoms. The van der Waals surface area contributed by atoms with Crippen LogP contribution in [-0.4, -0.2) is 54.0 Å². The summed E-state index contributed by atoms with van der Waals surface area (Å²) >= 11 is 0. The molecular weight excluding hydrogens is 274 g/mol. The molecule has 0 aromatic rings. The molecule has 2 N–H and O–H groups in total. The zero-order chi connectivity index (χ0) is 16.1. The first-order valence-corrected chi connectivity index (χ1v) is 9.27. The summed E-state index contributed by atoms with van der Waals surface area (Å²) in [4.78, 5) is 16.9. The molecular formula is C18H35N3O. The topological polar surface area (TPSA) is 49.6 Å². The average molecular weight is 309 g/mol. The molecule has 2 aliphatic heterocycles. The lowest BCUT2D eigenvalue weighted by molar-refractivity contribution is -0.135. The molecule has 2 fully saturated rings. The Morgan fingerprint density at radius 2 is 1.82 bits per heavy atom. The van der Waals surface area contributed by atoms with E-state index in [0.717, 1.165) is 37.9 Å². The predicted molar refractivity (Wildman–Crippen MR) is 91.6 cm³/mol.